The summed E-state index contributed by atoms with van der Waals surface area (Å²) in [6.45, 7) is 2.51. The number of nitrogens with zero attached hydrogens (tertiary/aromatic N) is 1. The number of rotatable bonds is 7. The van der Waals surface area contributed by atoms with Crippen LogP contribution in [-0.4, -0.2) is 19.4 Å². The van der Waals surface area contributed by atoms with Gasteiger partial charge in [-0.2, -0.15) is 0 Å². The maximum atomic E-state index is 12.5. The Balaban J connectivity index is 1.56. The average Bonchev–Trinajstić information content (AvgIpc) is 2.73. The Labute approximate surface area is 170 Å². The summed E-state index contributed by atoms with van der Waals surface area (Å²) >= 11 is 0. The lowest BCUT2D eigenvalue weighted by atomic mass is 10.1. The Kier molecular flexibility index (Phi) is 6.58. The number of anilines is 1. The molecule has 0 fully saturated rings. The Morgan fingerprint density at radius 2 is 1.62 bits per heavy atom. The summed E-state index contributed by atoms with van der Waals surface area (Å²) in [4.78, 5) is 16.0. The number of urea groups is 1. The molecule has 3 aromatic rings. The second kappa shape index (κ2) is 9.31. The van der Waals surface area contributed by atoms with Gasteiger partial charge in [0.1, 0.15) is 0 Å². The van der Waals surface area contributed by atoms with Crippen molar-refractivity contribution in [3.05, 3.63) is 89.7 Å². The SMILES string of the molecule is Cc1ccccc1CNS(=O)(=O)c1ccc(NC(=O)NCc2ccncc2)cc1. The third-order valence-electron chi connectivity index (χ3n) is 4.34. The van der Waals surface area contributed by atoms with Crippen LogP contribution < -0.4 is 15.4 Å². The highest BCUT2D eigenvalue weighted by Crippen LogP contribution is 2.15. The summed E-state index contributed by atoms with van der Waals surface area (Å²) in [7, 11) is -3.65. The summed E-state index contributed by atoms with van der Waals surface area (Å²) in [5.41, 5.74) is 3.36. The van der Waals surface area contributed by atoms with E-state index >= 15 is 0 Å². The van der Waals surface area contributed by atoms with Crippen LogP contribution in [0.3, 0.4) is 0 Å². The minimum absolute atomic E-state index is 0.133. The summed E-state index contributed by atoms with van der Waals surface area (Å²) in [6.07, 6.45) is 3.31. The number of nitrogens with one attached hydrogen (secondary N) is 3. The van der Waals surface area contributed by atoms with Crippen molar-refractivity contribution in [3.63, 3.8) is 0 Å². The summed E-state index contributed by atoms with van der Waals surface area (Å²) in [5.74, 6) is 0. The molecule has 150 valence electrons. The lowest BCUT2D eigenvalue weighted by Crippen LogP contribution is -2.28. The standard InChI is InChI=1S/C21H22N4O3S/c1-16-4-2-3-5-18(16)15-24-29(27,28)20-8-6-19(7-9-20)25-21(26)23-14-17-10-12-22-13-11-17/h2-13,24H,14-15H2,1H3,(H2,23,25,26). The van der Waals surface area contributed by atoms with Gasteiger partial charge in [0.15, 0.2) is 0 Å². The molecular weight excluding hydrogens is 388 g/mol. The van der Waals surface area contributed by atoms with Crippen LogP contribution in [0.4, 0.5) is 10.5 Å². The molecule has 0 atom stereocenters. The fourth-order valence-electron chi connectivity index (χ4n) is 2.64. The number of aromatic nitrogens is 1. The van der Waals surface area contributed by atoms with Crippen molar-refractivity contribution in [1.29, 1.82) is 0 Å². The Morgan fingerprint density at radius 3 is 2.31 bits per heavy atom. The van der Waals surface area contributed by atoms with Crippen LogP contribution in [0.1, 0.15) is 16.7 Å². The zero-order valence-electron chi connectivity index (χ0n) is 15.9. The van der Waals surface area contributed by atoms with Crippen LogP contribution in [0.2, 0.25) is 0 Å². The highest BCUT2D eigenvalue weighted by atomic mass is 32.2. The van der Waals surface area contributed by atoms with Gasteiger partial charge in [-0.05, 0) is 60.0 Å². The number of amides is 2. The molecule has 1 heterocycles. The van der Waals surface area contributed by atoms with Gasteiger partial charge in [0.25, 0.3) is 0 Å². The van der Waals surface area contributed by atoms with Crippen molar-refractivity contribution >= 4 is 21.7 Å². The monoisotopic (exact) mass is 410 g/mol. The van der Waals surface area contributed by atoms with E-state index in [1.807, 2.05) is 43.3 Å². The normalized spacial score (nSPS) is 11.1. The van der Waals surface area contributed by atoms with Crippen LogP contribution in [0.25, 0.3) is 0 Å². The fourth-order valence-corrected chi connectivity index (χ4v) is 3.65. The first kappa shape index (κ1) is 20.5. The first-order chi connectivity index (χ1) is 13.9. The van der Waals surface area contributed by atoms with Crippen LogP contribution in [-0.2, 0) is 23.1 Å². The molecule has 1 aromatic heterocycles. The maximum Gasteiger partial charge on any atom is 0.319 e. The van der Waals surface area contributed by atoms with E-state index < -0.39 is 10.0 Å². The number of hydrogen-bond donors (Lipinski definition) is 3. The molecule has 3 N–H and O–H groups in total. The van der Waals surface area contributed by atoms with E-state index in [0.717, 1.165) is 16.7 Å². The first-order valence-corrected chi connectivity index (χ1v) is 10.5. The van der Waals surface area contributed by atoms with Gasteiger partial charge in [-0.3, -0.25) is 4.98 Å². The van der Waals surface area contributed by atoms with Crippen molar-refractivity contribution in [2.75, 3.05) is 5.32 Å². The van der Waals surface area contributed by atoms with Crippen molar-refractivity contribution < 1.29 is 13.2 Å². The number of sulfonamides is 1. The zero-order valence-corrected chi connectivity index (χ0v) is 16.7. The minimum atomic E-state index is -3.65. The third-order valence-corrected chi connectivity index (χ3v) is 5.76. The molecule has 0 aliphatic rings. The predicted octanol–water partition coefficient (Wildman–Crippen LogP) is 3.19. The Hall–Kier alpha value is -3.23. The third kappa shape index (κ3) is 5.87. The maximum absolute atomic E-state index is 12.5. The number of pyridine rings is 1. The van der Waals surface area contributed by atoms with E-state index in [1.165, 1.54) is 12.1 Å². The molecule has 0 unspecified atom stereocenters. The van der Waals surface area contributed by atoms with Gasteiger partial charge in [-0.15, -0.1) is 0 Å². The van der Waals surface area contributed by atoms with Crippen LogP contribution in [0, 0.1) is 6.92 Å². The average molecular weight is 410 g/mol. The van der Waals surface area contributed by atoms with Crippen molar-refractivity contribution in [1.82, 2.24) is 15.0 Å². The van der Waals surface area contributed by atoms with E-state index in [1.54, 1.807) is 24.5 Å². The lowest BCUT2D eigenvalue weighted by Gasteiger charge is -2.10. The highest BCUT2D eigenvalue weighted by molar-refractivity contribution is 7.89. The van der Waals surface area contributed by atoms with Crippen molar-refractivity contribution in [2.45, 2.75) is 24.9 Å². The largest absolute Gasteiger partial charge is 0.334 e. The molecular formula is C21H22N4O3S. The second-order valence-corrected chi connectivity index (χ2v) is 8.21. The van der Waals surface area contributed by atoms with Crippen LogP contribution >= 0.6 is 0 Å². The van der Waals surface area contributed by atoms with E-state index in [-0.39, 0.29) is 17.5 Å². The number of carbonyl (C=O) groups excluding carboxylic acids is 1. The topological polar surface area (TPSA) is 100 Å². The smallest absolute Gasteiger partial charge is 0.319 e. The summed E-state index contributed by atoms with van der Waals surface area (Å²) < 4.78 is 27.6. The Morgan fingerprint density at radius 1 is 0.931 bits per heavy atom. The summed E-state index contributed by atoms with van der Waals surface area (Å²) in [6, 6.07) is 16.9. The van der Waals surface area contributed by atoms with Gasteiger partial charge in [0.2, 0.25) is 10.0 Å². The molecule has 0 radical (unpaired) electrons. The molecule has 0 aliphatic heterocycles. The molecule has 3 rings (SSSR count). The lowest BCUT2D eigenvalue weighted by molar-refractivity contribution is 0.251. The molecule has 0 saturated carbocycles. The molecule has 2 amide bonds. The van der Waals surface area contributed by atoms with Crippen LogP contribution in [0.15, 0.2) is 78.0 Å². The van der Waals surface area contributed by atoms with Gasteiger partial charge in [0.05, 0.1) is 4.90 Å². The molecule has 29 heavy (non-hydrogen) atoms. The number of aryl methyl sites for hydroxylation is 1. The molecule has 0 aliphatic carbocycles. The summed E-state index contributed by atoms with van der Waals surface area (Å²) in [5, 5.41) is 5.40. The van der Waals surface area contributed by atoms with E-state index in [9.17, 15) is 13.2 Å². The quantitative estimate of drug-likeness (QED) is 0.557. The van der Waals surface area contributed by atoms with Gasteiger partial charge in [0, 0.05) is 31.2 Å². The van der Waals surface area contributed by atoms with Gasteiger partial charge in [-0.25, -0.2) is 17.9 Å². The minimum Gasteiger partial charge on any atom is -0.334 e. The fraction of sp³-hybridized carbons (Fsp3) is 0.143. The highest BCUT2D eigenvalue weighted by Gasteiger charge is 2.14. The van der Waals surface area contributed by atoms with E-state index in [2.05, 4.69) is 20.3 Å². The van der Waals surface area contributed by atoms with Crippen molar-refractivity contribution in [3.8, 4) is 0 Å². The van der Waals surface area contributed by atoms with E-state index in [4.69, 9.17) is 0 Å². The first-order valence-electron chi connectivity index (χ1n) is 9.02. The zero-order chi connectivity index (χ0) is 20.7. The number of benzene rings is 2. The van der Waals surface area contributed by atoms with Gasteiger partial charge in [-0.1, -0.05) is 24.3 Å². The molecule has 8 heteroatoms. The molecule has 0 saturated heterocycles. The second-order valence-electron chi connectivity index (χ2n) is 6.44. The van der Waals surface area contributed by atoms with Gasteiger partial charge >= 0.3 is 6.03 Å². The molecule has 2 aromatic carbocycles. The molecule has 0 bridgehead atoms. The number of hydrogen-bond acceptors (Lipinski definition) is 4. The number of carbonyl (C=O) groups is 1. The van der Waals surface area contributed by atoms with Crippen LogP contribution in [0.5, 0.6) is 0 Å². The predicted molar refractivity (Wildman–Crippen MR) is 112 cm³/mol. The Bertz CT molecular complexity index is 1070. The molecule has 7 nitrogen and oxygen atoms in total. The van der Waals surface area contributed by atoms with Crippen molar-refractivity contribution in [2.24, 2.45) is 0 Å². The van der Waals surface area contributed by atoms with E-state index in [0.29, 0.717) is 12.2 Å². The van der Waals surface area contributed by atoms with Gasteiger partial charge < -0.3 is 10.6 Å². The molecule has 0 spiro atoms.